The Kier molecular flexibility index (Phi) is 8.02. The number of carboxylic acid groups (broad SMARTS) is 1. The number of halogens is 1. The molecule has 206 valence electrons. The predicted molar refractivity (Wildman–Crippen MR) is 141 cm³/mol. The second-order valence-electron chi connectivity index (χ2n) is 11.4. The first kappa shape index (κ1) is 26.7. The highest BCUT2D eigenvalue weighted by molar-refractivity contribution is 6.00. The normalized spacial score (nSPS) is 27.4. The van der Waals surface area contributed by atoms with Crippen molar-refractivity contribution >= 4 is 34.4 Å². The molecule has 2 heterocycles. The maximum Gasteiger partial charge on any atom is 0.371 e. The number of rotatable bonds is 7. The SMILES string of the molecule is N[C@@H](CF)C1CCC(C(=O)N2CC[C@@H](C3CCCCC3)[C@H]2C(=O)Nc2ccc3oc(C(=O)O)cc3c2)CC1. The van der Waals surface area contributed by atoms with E-state index in [1.54, 1.807) is 18.2 Å². The van der Waals surface area contributed by atoms with Gasteiger partial charge in [-0.3, -0.25) is 9.59 Å². The van der Waals surface area contributed by atoms with E-state index in [-0.39, 0.29) is 35.3 Å². The number of amides is 2. The number of nitrogens with zero attached hydrogens (tertiary/aromatic N) is 1. The van der Waals surface area contributed by atoms with Crippen LogP contribution in [0.15, 0.2) is 28.7 Å². The lowest BCUT2D eigenvalue weighted by Crippen LogP contribution is -2.50. The zero-order chi connectivity index (χ0) is 26.8. The molecule has 2 saturated carbocycles. The van der Waals surface area contributed by atoms with Crippen LogP contribution in [0.2, 0.25) is 0 Å². The summed E-state index contributed by atoms with van der Waals surface area (Å²) in [6.07, 6.45) is 9.36. The second-order valence-corrected chi connectivity index (χ2v) is 11.4. The quantitative estimate of drug-likeness (QED) is 0.467. The van der Waals surface area contributed by atoms with Crippen LogP contribution < -0.4 is 11.1 Å². The number of fused-ring (bicyclic) bond motifs is 1. The molecule has 0 unspecified atom stereocenters. The van der Waals surface area contributed by atoms with E-state index in [0.29, 0.717) is 42.0 Å². The highest BCUT2D eigenvalue weighted by Crippen LogP contribution is 2.41. The van der Waals surface area contributed by atoms with Gasteiger partial charge in [0.2, 0.25) is 17.6 Å². The van der Waals surface area contributed by atoms with Crippen molar-refractivity contribution in [2.24, 2.45) is 29.4 Å². The van der Waals surface area contributed by atoms with Crippen molar-refractivity contribution in [3.63, 3.8) is 0 Å². The fourth-order valence-electron chi connectivity index (χ4n) is 7.05. The lowest BCUT2D eigenvalue weighted by atomic mass is 9.76. The number of carboxylic acids is 1. The van der Waals surface area contributed by atoms with E-state index in [0.717, 1.165) is 44.9 Å². The van der Waals surface area contributed by atoms with Gasteiger partial charge >= 0.3 is 5.97 Å². The molecule has 1 aliphatic heterocycles. The first-order chi connectivity index (χ1) is 18.4. The lowest BCUT2D eigenvalue weighted by molar-refractivity contribution is -0.142. The van der Waals surface area contributed by atoms with Gasteiger partial charge in [0.05, 0.1) is 0 Å². The minimum absolute atomic E-state index is 0.0344. The van der Waals surface area contributed by atoms with Gasteiger partial charge in [0.15, 0.2) is 0 Å². The summed E-state index contributed by atoms with van der Waals surface area (Å²) in [6, 6.07) is 5.48. The molecule has 0 radical (unpaired) electrons. The van der Waals surface area contributed by atoms with Crippen LogP contribution in [-0.2, 0) is 9.59 Å². The molecule has 1 saturated heterocycles. The fraction of sp³-hybridized carbons (Fsp3) is 0.621. The van der Waals surface area contributed by atoms with Gasteiger partial charge in [-0.2, -0.15) is 0 Å². The number of carbonyl (C=O) groups is 3. The van der Waals surface area contributed by atoms with Crippen LogP contribution in [0.4, 0.5) is 10.1 Å². The zero-order valence-electron chi connectivity index (χ0n) is 21.7. The minimum Gasteiger partial charge on any atom is -0.475 e. The van der Waals surface area contributed by atoms with Crippen molar-refractivity contribution in [1.29, 1.82) is 0 Å². The molecule has 0 bridgehead atoms. The molecule has 2 aromatic rings. The third kappa shape index (κ3) is 5.44. The summed E-state index contributed by atoms with van der Waals surface area (Å²) in [4.78, 5) is 40.7. The van der Waals surface area contributed by atoms with Crippen LogP contribution in [0, 0.1) is 23.7 Å². The highest BCUT2D eigenvalue weighted by atomic mass is 19.1. The number of carbonyl (C=O) groups excluding carboxylic acids is 2. The number of aromatic carboxylic acids is 1. The molecular weight excluding hydrogens is 489 g/mol. The molecule has 4 N–H and O–H groups in total. The Morgan fingerprint density at radius 3 is 2.47 bits per heavy atom. The molecule has 2 amide bonds. The van der Waals surface area contributed by atoms with Crippen molar-refractivity contribution in [3.8, 4) is 0 Å². The van der Waals surface area contributed by atoms with Gasteiger partial charge in [-0.05, 0) is 74.1 Å². The van der Waals surface area contributed by atoms with Gasteiger partial charge in [-0.25, -0.2) is 9.18 Å². The van der Waals surface area contributed by atoms with E-state index in [1.807, 2.05) is 4.90 Å². The number of hydrogen-bond acceptors (Lipinski definition) is 5. The molecule has 1 aromatic heterocycles. The monoisotopic (exact) mass is 527 g/mol. The number of nitrogens with two attached hydrogens (primary N) is 1. The van der Waals surface area contributed by atoms with Crippen LogP contribution in [0.1, 0.15) is 74.8 Å². The molecule has 38 heavy (non-hydrogen) atoms. The van der Waals surface area contributed by atoms with Gasteiger partial charge in [0.25, 0.3) is 0 Å². The van der Waals surface area contributed by atoms with Crippen molar-refractivity contribution in [1.82, 2.24) is 4.90 Å². The Labute approximate surface area is 222 Å². The smallest absolute Gasteiger partial charge is 0.371 e. The molecule has 9 heteroatoms. The van der Waals surface area contributed by atoms with Crippen LogP contribution in [0.3, 0.4) is 0 Å². The van der Waals surface area contributed by atoms with Crippen molar-refractivity contribution in [2.75, 3.05) is 18.5 Å². The van der Waals surface area contributed by atoms with Crippen LogP contribution >= 0.6 is 0 Å². The summed E-state index contributed by atoms with van der Waals surface area (Å²) < 4.78 is 18.4. The highest BCUT2D eigenvalue weighted by Gasteiger charge is 2.47. The number of benzene rings is 1. The Morgan fingerprint density at radius 2 is 1.79 bits per heavy atom. The van der Waals surface area contributed by atoms with E-state index in [9.17, 15) is 23.9 Å². The molecule has 3 atom stereocenters. The van der Waals surface area contributed by atoms with E-state index in [2.05, 4.69) is 5.32 Å². The van der Waals surface area contributed by atoms with Gasteiger partial charge in [0.1, 0.15) is 18.3 Å². The molecule has 3 fully saturated rings. The van der Waals surface area contributed by atoms with Crippen LogP contribution in [0.25, 0.3) is 11.0 Å². The van der Waals surface area contributed by atoms with E-state index < -0.39 is 24.7 Å². The van der Waals surface area contributed by atoms with E-state index in [4.69, 9.17) is 10.2 Å². The zero-order valence-corrected chi connectivity index (χ0v) is 21.7. The summed E-state index contributed by atoms with van der Waals surface area (Å²) in [5.74, 6) is -0.977. The maximum atomic E-state index is 13.8. The summed E-state index contributed by atoms with van der Waals surface area (Å²) in [5, 5.41) is 12.8. The third-order valence-electron chi connectivity index (χ3n) is 9.15. The lowest BCUT2D eigenvalue weighted by Gasteiger charge is -2.36. The Balaban J connectivity index is 1.34. The van der Waals surface area contributed by atoms with E-state index >= 15 is 0 Å². The fourth-order valence-corrected chi connectivity index (χ4v) is 7.05. The van der Waals surface area contributed by atoms with E-state index in [1.165, 1.54) is 12.5 Å². The average Bonchev–Trinajstić information content (AvgIpc) is 3.58. The largest absolute Gasteiger partial charge is 0.475 e. The van der Waals surface area contributed by atoms with Gasteiger partial charge in [0, 0.05) is 29.6 Å². The Bertz CT molecular complexity index is 1170. The molecule has 5 rings (SSSR count). The molecule has 2 aliphatic carbocycles. The Hall–Kier alpha value is -2.94. The minimum atomic E-state index is -1.15. The second kappa shape index (κ2) is 11.4. The predicted octanol–water partition coefficient (Wildman–Crippen LogP) is 4.97. The topological polar surface area (TPSA) is 126 Å². The van der Waals surface area contributed by atoms with Gasteiger partial charge < -0.3 is 25.5 Å². The number of nitrogens with one attached hydrogen (secondary N) is 1. The molecule has 0 spiro atoms. The Morgan fingerprint density at radius 1 is 1.05 bits per heavy atom. The first-order valence-electron chi connectivity index (χ1n) is 14.1. The van der Waals surface area contributed by atoms with Gasteiger partial charge in [-0.15, -0.1) is 0 Å². The van der Waals surface area contributed by atoms with Gasteiger partial charge in [-0.1, -0.05) is 32.1 Å². The van der Waals surface area contributed by atoms with Crippen molar-refractivity contribution < 1.29 is 28.3 Å². The standard InChI is InChI=1S/C29H38FN3O5/c30-16-23(31)18-6-8-19(9-7-18)28(35)33-13-12-22(17-4-2-1-3-5-17)26(33)27(34)32-21-10-11-24-20(14-21)15-25(38-24)29(36)37/h10-11,14-15,17-19,22-23,26H,1-9,12-13,16,31H2,(H,32,34)(H,36,37)/t18?,19?,22-,23-,26-/m0/s1. The summed E-state index contributed by atoms with van der Waals surface area (Å²) in [6.45, 7) is 0.0354. The number of likely N-dealkylation sites (tertiary alicyclic amines) is 1. The number of furan rings is 1. The van der Waals surface area contributed by atoms with Crippen molar-refractivity contribution in [3.05, 3.63) is 30.0 Å². The first-order valence-corrected chi connectivity index (χ1v) is 14.1. The summed E-state index contributed by atoms with van der Waals surface area (Å²) in [7, 11) is 0. The molecular formula is C29H38FN3O5. The number of alkyl halides is 1. The summed E-state index contributed by atoms with van der Waals surface area (Å²) in [5.41, 5.74) is 6.90. The maximum absolute atomic E-state index is 13.8. The molecule has 3 aliphatic rings. The number of anilines is 1. The third-order valence-corrected chi connectivity index (χ3v) is 9.15. The molecule has 1 aromatic carbocycles. The van der Waals surface area contributed by atoms with Crippen molar-refractivity contribution in [2.45, 2.75) is 76.3 Å². The van der Waals surface area contributed by atoms with Crippen LogP contribution in [0.5, 0.6) is 0 Å². The molecule has 8 nitrogen and oxygen atoms in total. The average molecular weight is 528 g/mol. The number of hydrogen-bond donors (Lipinski definition) is 3. The summed E-state index contributed by atoms with van der Waals surface area (Å²) >= 11 is 0. The van der Waals surface area contributed by atoms with Crippen LogP contribution in [-0.4, -0.2) is 53.1 Å².